The van der Waals surface area contributed by atoms with Crippen molar-refractivity contribution in [3.05, 3.63) is 58.1 Å². The molecule has 2 atom stereocenters. The van der Waals surface area contributed by atoms with Crippen LogP contribution in [-0.4, -0.2) is 56.3 Å². The second-order valence-corrected chi connectivity index (χ2v) is 11.0. The van der Waals surface area contributed by atoms with E-state index in [2.05, 4.69) is 40.7 Å². The standard InChI is InChI=1S/C25H27N9O3S2/c1-36-18-5-7-27-16(10-18)12-20(26)29-24-33-31-22(38-24)14-3-4-15(9-14)23-32-34-25(39-23)30-21(35)13-17-11-19(37-2)6-8-28-17/h5-8,10-11,14-15H,3-4,9,12-13H2,1-2H3,(H2,26,29,33)(H,30,34,35). The molecule has 0 bridgehead atoms. The van der Waals surface area contributed by atoms with Gasteiger partial charge in [-0.3, -0.25) is 14.8 Å². The molecule has 2 unspecified atom stereocenters. The summed E-state index contributed by atoms with van der Waals surface area (Å²) < 4.78 is 10.4. The highest BCUT2D eigenvalue weighted by Crippen LogP contribution is 2.46. The van der Waals surface area contributed by atoms with Crippen LogP contribution in [0.3, 0.4) is 0 Å². The molecule has 5 rings (SSSR count). The Morgan fingerprint density at radius 2 is 1.56 bits per heavy atom. The first kappa shape index (κ1) is 26.6. The van der Waals surface area contributed by atoms with E-state index in [4.69, 9.17) is 15.2 Å². The zero-order valence-electron chi connectivity index (χ0n) is 21.4. The Balaban J connectivity index is 1.15. The van der Waals surface area contributed by atoms with Crippen LogP contribution in [0.15, 0.2) is 41.7 Å². The van der Waals surface area contributed by atoms with Crippen molar-refractivity contribution in [3.63, 3.8) is 0 Å². The van der Waals surface area contributed by atoms with Crippen LogP contribution >= 0.6 is 22.7 Å². The van der Waals surface area contributed by atoms with Gasteiger partial charge in [0.25, 0.3) is 0 Å². The van der Waals surface area contributed by atoms with Gasteiger partial charge in [-0.15, -0.1) is 20.4 Å². The predicted molar refractivity (Wildman–Crippen MR) is 148 cm³/mol. The number of rotatable bonds is 10. The number of ether oxygens (including phenoxy) is 2. The molecule has 1 saturated carbocycles. The Morgan fingerprint density at radius 3 is 2.23 bits per heavy atom. The van der Waals surface area contributed by atoms with Gasteiger partial charge in [0, 0.05) is 42.8 Å². The van der Waals surface area contributed by atoms with Gasteiger partial charge in [-0.05, 0) is 31.4 Å². The number of methoxy groups -OCH3 is 2. The molecule has 1 amide bonds. The molecule has 0 radical (unpaired) electrons. The molecule has 4 heterocycles. The number of nitrogens with one attached hydrogen (secondary N) is 1. The van der Waals surface area contributed by atoms with E-state index in [0.29, 0.717) is 34.0 Å². The number of amides is 1. The molecule has 1 aliphatic rings. The van der Waals surface area contributed by atoms with Crippen molar-refractivity contribution >= 4 is 44.7 Å². The van der Waals surface area contributed by atoms with Gasteiger partial charge in [0.05, 0.1) is 32.0 Å². The fourth-order valence-corrected chi connectivity index (χ4v) is 6.15. The Bertz CT molecular complexity index is 1470. The second kappa shape index (κ2) is 12.2. The summed E-state index contributed by atoms with van der Waals surface area (Å²) in [4.78, 5) is 25.4. The Kier molecular flexibility index (Phi) is 8.32. The lowest BCUT2D eigenvalue weighted by molar-refractivity contribution is -0.115. The molecule has 4 aromatic rings. The lowest BCUT2D eigenvalue weighted by Gasteiger charge is -2.05. The normalized spacial score (nSPS) is 17.2. The maximum absolute atomic E-state index is 12.5. The van der Waals surface area contributed by atoms with Crippen LogP contribution < -0.4 is 20.5 Å². The molecule has 202 valence electrons. The zero-order chi connectivity index (χ0) is 27.2. The van der Waals surface area contributed by atoms with E-state index in [1.807, 2.05) is 6.07 Å². The topological polar surface area (TPSA) is 163 Å². The average molecular weight is 566 g/mol. The molecule has 1 fully saturated rings. The van der Waals surface area contributed by atoms with E-state index in [-0.39, 0.29) is 24.2 Å². The fraction of sp³-hybridized carbons (Fsp3) is 0.360. The molecule has 1 aliphatic carbocycles. The summed E-state index contributed by atoms with van der Waals surface area (Å²) >= 11 is 2.86. The average Bonchev–Trinajstić information content (AvgIpc) is 3.70. The fourth-order valence-electron chi connectivity index (χ4n) is 4.35. The lowest BCUT2D eigenvalue weighted by Crippen LogP contribution is -2.15. The van der Waals surface area contributed by atoms with Crippen LogP contribution in [0.5, 0.6) is 11.5 Å². The SMILES string of the molecule is COc1ccnc(CC(=O)Nc2nnc(C3CCC(c4nnc(N=C(N)Cc5cc(OC)ccn5)s4)C3)s2)c1. The third kappa shape index (κ3) is 6.89. The summed E-state index contributed by atoms with van der Waals surface area (Å²) in [6.07, 6.45) is 6.62. The minimum Gasteiger partial charge on any atom is -0.497 e. The number of amidine groups is 1. The summed E-state index contributed by atoms with van der Waals surface area (Å²) in [7, 11) is 3.18. The van der Waals surface area contributed by atoms with E-state index in [1.165, 1.54) is 22.7 Å². The van der Waals surface area contributed by atoms with Gasteiger partial charge in [-0.1, -0.05) is 22.7 Å². The number of carbonyl (C=O) groups is 1. The van der Waals surface area contributed by atoms with E-state index in [0.717, 1.165) is 40.7 Å². The number of carbonyl (C=O) groups excluding carboxylic acids is 1. The molecule has 0 aliphatic heterocycles. The van der Waals surface area contributed by atoms with Crippen molar-refractivity contribution in [2.45, 2.75) is 43.9 Å². The number of pyridine rings is 2. The number of aromatic nitrogens is 6. The zero-order valence-corrected chi connectivity index (χ0v) is 23.0. The number of hydrogen-bond donors (Lipinski definition) is 2. The maximum Gasteiger partial charge on any atom is 0.233 e. The number of hydrogen-bond acceptors (Lipinski definition) is 12. The molecule has 4 aromatic heterocycles. The van der Waals surface area contributed by atoms with Gasteiger partial charge in [-0.25, -0.2) is 4.99 Å². The second-order valence-electron chi connectivity index (χ2n) is 8.95. The van der Waals surface area contributed by atoms with Gasteiger partial charge < -0.3 is 20.5 Å². The van der Waals surface area contributed by atoms with Crippen LogP contribution in [0.2, 0.25) is 0 Å². The van der Waals surface area contributed by atoms with Gasteiger partial charge in [0.15, 0.2) is 0 Å². The van der Waals surface area contributed by atoms with E-state index < -0.39 is 0 Å². The monoisotopic (exact) mass is 565 g/mol. The van der Waals surface area contributed by atoms with Crippen molar-refractivity contribution in [2.75, 3.05) is 19.5 Å². The predicted octanol–water partition coefficient (Wildman–Crippen LogP) is 3.66. The first-order chi connectivity index (χ1) is 19.0. The Hall–Kier alpha value is -4.04. The summed E-state index contributed by atoms with van der Waals surface area (Å²) in [6, 6.07) is 7.08. The van der Waals surface area contributed by atoms with Crippen LogP contribution in [0.25, 0.3) is 0 Å². The minimum atomic E-state index is -0.203. The molecular weight excluding hydrogens is 538 g/mol. The quantitative estimate of drug-likeness (QED) is 0.214. The highest BCUT2D eigenvalue weighted by Gasteiger charge is 2.32. The molecule has 3 N–H and O–H groups in total. The minimum absolute atomic E-state index is 0.125. The van der Waals surface area contributed by atoms with Gasteiger partial charge in [0.1, 0.15) is 27.3 Å². The smallest absolute Gasteiger partial charge is 0.233 e. The number of anilines is 1. The molecule has 0 aromatic carbocycles. The summed E-state index contributed by atoms with van der Waals surface area (Å²) in [5, 5.41) is 22.8. The van der Waals surface area contributed by atoms with Crippen LogP contribution in [0.4, 0.5) is 10.3 Å². The van der Waals surface area contributed by atoms with E-state index in [1.54, 1.807) is 44.8 Å². The van der Waals surface area contributed by atoms with Gasteiger partial charge in [0.2, 0.25) is 16.2 Å². The highest BCUT2D eigenvalue weighted by molar-refractivity contribution is 7.15. The third-order valence-corrected chi connectivity index (χ3v) is 8.22. The molecule has 0 saturated heterocycles. The van der Waals surface area contributed by atoms with Crippen molar-refractivity contribution in [1.29, 1.82) is 0 Å². The lowest BCUT2D eigenvalue weighted by atomic mass is 10.1. The third-order valence-electron chi connectivity index (χ3n) is 6.24. The molecule has 0 spiro atoms. The highest BCUT2D eigenvalue weighted by atomic mass is 32.1. The molecule has 39 heavy (non-hydrogen) atoms. The number of nitrogens with two attached hydrogens (primary N) is 1. The summed E-state index contributed by atoms with van der Waals surface area (Å²) in [5.74, 6) is 2.10. The van der Waals surface area contributed by atoms with Crippen molar-refractivity contribution in [2.24, 2.45) is 10.7 Å². The van der Waals surface area contributed by atoms with Crippen molar-refractivity contribution in [3.8, 4) is 11.5 Å². The van der Waals surface area contributed by atoms with Crippen molar-refractivity contribution in [1.82, 2.24) is 30.4 Å². The van der Waals surface area contributed by atoms with E-state index in [9.17, 15) is 4.79 Å². The Labute approximate surface area is 232 Å². The van der Waals surface area contributed by atoms with Crippen LogP contribution in [0, 0.1) is 0 Å². The number of aliphatic imine (C=N–C) groups is 1. The first-order valence-corrected chi connectivity index (χ1v) is 13.9. The largest absolute Gasteiger partial charge is 0.497 e. The maximum atomic E-state index is 12.5. The Morgan fingerprint density at radius 1 is 0.949 bits per heavy atom. The van der Waals surface area contributed by atoms with Crippen LogP contribution in [-0.2, 0) is 17.6 Å². The number of nitrogens with zero attached hydrogens (tertiary/aromatic N) is 7. The van der Waals surface area contributed by atoms with Crippen LogP contribution in [0.1, 0.15) is 52.5 Å². The van der Waals surface area contributed by atoms with E-state index >= 15 is 0 Å². The molecular formula is C25H27N9O3S2. The van der Waals surface area contributed by atoms with Gasteiger partial charge >= 0.3 is 0 Å². The van der Waals surface area contributed by atoms with Crippen molar-refractivity contribution < 1.29 is 14.3 Å². The molecule has 14 heteroatoms. The summed E-state index contributed by atoms with van der Waals surface area (Å²) in [5.41, 5.74) is 7.53. The molecule has 12 nitrogen and oxygen atoms in total. The first-order valence-electron chi connectivity index (χ1n) is 12.3. The van der Waals surface area contributed by atoms with Gasteiger partial charge in [-0.2, -0.15) is 0 Å². The summed E-state index contributed by atoms with van der Waals surface area (Å²) in [6.45, 7) is 0.